The Morgan fingerprint density at radius 1 is 1.17 bits per heavy atom. The Bertz CT molecular complexity index is 281. The average molecular weight is 163 g/mol. The fraction of sp³-hybridized carbons (Fsp3) is 0.300. The number of para-hydroxylation sites is 1. The van der Waals surface area contributed by atoms with Gasteiger partial charge in [-0.3, -0.25) is 0 Å². The molecule has 0 atom stereocenters. The molecule has 2 nitrogen and oxygen atoms in total. The van der Waals surface area contributed by atoms with Crippen molar-refractivity contribution < 1.29 is 9.47 Å². The van der Waals surface area contributed by atoms with Gasteiger partial charge in [-0.05, 0) is 18.6 Å². The zero-order chi connectivity index (χ0) is 8.39. The van der Waals surface area contributed by atoms with E-state index in [9.17, 15) is 0 Å². The molecule has 0 saturated carbocycles. The van der Waals surface area contributed by atoms with Crippen molar-refractivity contribution in [1.82, 2.24) is 0 Å². The maximum absolute atomic E-state index is 5.49. The van der Waals surface area contributed by atoms with E-state index >= 15 is 0 Å². The average Bonchev–Trinajstić information content (AvgIpc) is 2.30. The van der Waals surface area contributed by atoms with Crippen molar-refractivity contribution in [1.29, 1.82) is 0 Å². The first-order chi connectivity index (χ1) is 5.88. The van der Waals surface area contributed by atoms with Crippen molar-refractivity contribution in [3.05, 3.63) is 30.7 Å². The van der Waals surface area contributed by atoms with E-state index in [0.29, 0.717) is 0 Å². The van der Waals surface area contributed by atoms with Crippen molar-refractivity contribution >= 4 is 0 Å². The van der Waals surface area contributed by atoms with Gasteiger partial charge in [-0.25, -0.2) is 0 Å². The van der Waals surface area contributed by atoms with Crippen LogP contribution >= 0.6 is 0 Å². The van der Waals surface area contributed by atoms with Gasteiger partial charge in [0.05, 0.1) is 13.2 Å². The van der Waals surface area contributed by atoms with Gasteiger partial charge < -0.3 is 9.47 Å². The lowest BCUT2D eigenvalue weighted by Crippen LogP contribution is -1.97. The normalized spacial score (nSPS) is 15.4. The Kier molecular flexibility index (Phi) is 1.90. The lowest BCUT2D eigenvalue weighted by molar-refractivity contribution is 0.296. The maximum atomic E-state index is 5.49. The predicted molar refractivity (Wildman–Crippen MR) is 46.5 cm³/mol. The van der Waals surface area contributed by atoms with E-state index in [1.54, 1.807) is 0 Å². The molecule has 63 valence electrons. The number of hydrogen-bond acceptors (Lipinski definition) is 2. The summed E-state index contributed by atoms with van der Waals surface area (Å²) in [7, 11) is 0. The highest BCUT2D eigenvalue weighted by Crippen LogP contribution is 2.32. The van der Waals surface area contributed by atoms with Gasteiger partial charge in [0.25, 0.3) is 0 Å². The standard InChI is InChI=1S/C10H11O2/c1-8-4-2-5-9-10(8)12-7-3-6-11-9/h2,4-5H,1,3,6-7H2. The molecule has 2 rings (SSSR count). The summed E-state index contributed by atoms with van der Waals surface area (Å²) in [6, 6.07) is 5.76. The third-order valence-electron chi connectivity index (χ3n) is 1.85. The van der Waals surface area contributed by atoms with Crippen LogP contribution in [0.4, 0.5) is 0 Å². The lowest BCUT2D eigenvalue weighted by Gasteiger charge is -2.08. The summed E-state index contributed by atoms with van der Waals surface area (Å²) in [5.41, 5.74) is 0.898. The zero-order valence-electron chi connectivity index (χ0n) is 6.88. The van der Waals surface area contributed by atoms with Crippen molar-refractivity contribution in [2.75, 3.05) is 13.2 Å². The van der Waals surface area contributed by atoms with E-state index in [2.05, 4.69) is 6.92 Å². The van der Waals surface area contributed by atoms with Crippen LogP contribution in [0.15, 0.2) is 18.2 Å². The summed E-state index contributed by atoms with van der Waals surface area (Å²) >= 11 is 0. The molecule has 1 aliphatic rings. The molecule has 0 aromatic heterocycles. The van der Waals surface area contributed by atoms with Gasteiger partial charge in [0, 0.05) is 6.42 Å². The third-order valence-corrected chi connectivity index (χ3v) is 1.85. The van der Waals surface area contributed by atoms with Crippen LogP contribution < -0.4 is 9.47 Å². The van der Waals surface area contributed by atoms with Gasteiger partial charge in [0.2, 0.25) is 0 Å². The Balaban J connectivity index is 2.42. The van der Waals surface area contributed by atoms with Crippen molar-refractivity contribution in [3.8, 4) is 11.5 Å². The van der Waals surface area contributed by atoms with Crippen LogP contribution in [0.5, 0.6) is 11.5 Å². The van der Waals surface area contributed by atoms with Crippen LogP contribution in [0.1, 0.15) is 12.0 Å². The molecule has 2 heteroatoms. The number of ether oxygens (including phenoxy) is 2. The minimum atomic E-state index is 0.722. The maximum Gasteiger partial charge on any atom is 0.164 e. The summed E-state index contributed by atoms with van der Waals surface area (Å²) in [5.74, 6) is 1.62. The van der Waals surface area contributed by atoms with E-state index in [-0.39, 0.29) is 0 Å². The predicted octanol–water partition coefficient (Wildman–Crippen LogP) is 2.03. The van der Waals surface area contributed by atoms with Crippen molar-refractivity contribution in [2.45, 2.75) is 6.42 Å². The summed E-state index contributed by atoms with van der Waals surface area (Å²) in [6.07, 6.45) is 0.939. The van der Waals surface area contributed by atoms with Gasteiger partial charge in [0.15, 0.2) is 11.5 Å². The van der Waals surface area contributed by atoms with Crippen LogP contribution in [0, 0.1) is 6.92 Å². The van der Waals surface area contributed by atoms with E-state index in [1.807, 2.05) is 18.2 Å². The van der Waals surface area contributed by atoms with Gasteiger partial charge in [0.1, 0.15) is 0 Å². The second kappa shape index (κ2) is 3.05. The summed E-state index contributed by atoms with van der Waals surface area (Å²) in [6.45, 7) is 5.32. The van der Waals surface area contributed by atoms with E-state index in [0.717, 1.165) is 36.7 Å². The monoisotopic (exact) mass is 163 g/mol. The quantitative estimate of drug-likeness (QED) is 0.582. The highest BCUT2D eigenvalue weighted by Gasteiger charge is 2.10. The Morgan fingerprint density at radius 2 is 2.00 bits per heavy atom. The molecule has 1 aromatic carbocycles. The zero-order valence-corrected chi connectivity index (χ0v) is 6.88. The molecule has 1 radical (unpaired) electrons. The molecule has 0 N–H and O–H groups in total. The minimum Gasteiger partial charge on any atom is -0.490 e. The first-order valence-corrected chi connectivity index (χ1v) is 4.08. The van der Waals surface area contributed by atoms with Crippen LogP contribution in [-0.4, -0.2) is 13.2 Å². The molecule has 0 aliphatic carbocycles. The first-order valence-electron chi connectivity index (χ1n) is 4.08. The Hall–Kier alpha value is -1.18. The van der Waals surface area contributed by atoms with Crippen molar-refractivity contribution in [2.24, 2.45) is 0 Å². The SMILES string of the molecule is [CH2]c1cccc2c1OCCCO2. The smallest absolute Gasteiger partial charge is 0.164 e. The highest BCUT2D eigenvalue weighted by molar-refractivity contribution is 5.48. The van der Waals surface area contributed by atoms with Gasteiger partial charge in [-0.2, -0.15) is 0 Å². The fourth-order valence-electron chi connectivity index (χ4n) is 1.25. The number of benzene rings is 1. The molecule has 0 saturated heterocycles. The molecule has 0 bridgehead atoms. The minimum absolute atomic E-state index is 0.722. The molecule has 0 spiro atoms. The highest BCUT2D eigenvalue weighted by atomic mass is 16.5. The second-order valence-corrected chi connectivity index (χ2v) is 2.79. The van der Waals surface area contributed by atoms with Crippen LogP contribution in [0.25, 0.3) is 0 Å². The molecule has 0 unspecified atom stereocenters. The molecule has 1 aliphatic heterocycles. The Labute approximate surface area is 72.1 Å². The number of fused-ring (bicyclic) bond motifs is 1. The molecular formula is C10H11O2. The summed E-state index contributed by atoms with van der Waals surface area (Å²) in [4.78, 5) is 0. The number of hydrogen-bond donors (Lipinski definition) is 0. The van der Waals surface area contributed by atoms with E-state index < -0.39 is 0 Å². The molecular weight excluding hydrogens is 152 g/mol. The van der Waals surface area contributed by atoms with Crippen LogP contribution in [-0.2, 0) is 0 Å². The van der Waals surface area contributed by atoms with Crippen LogP contribution in [0.3, 0.4) is 0 Å². The largest absolute Gasteiger partial charge is 0.490 e. The molecule has 1 aromatic rings. The van der Waals surface area contributed by atoms with E-state index in [4.69, 9.17) is 9.47 Å². The first kappa shape index (κ1) is 7.47. The van der Waals surface area contributed by atoms with Gasteiger partial charge >= 0.3 is 0 Å². The number of rotatable bonds is 0. The second-order valence-electron chi connectivity index (χ2n) is 2.79. The third kappa shape index (κ3) is 1.24. The molecule has 12 heavy (non-hydrogen) atoms. The summed E-state index contributed by atoms with van der Waals surface area (Å²) < 4.78 is 11.0. The molecule has 0 amide bonds. The van der Waals surface area contributed by atoms with Crippen molar-refractivity contribution in [3.63, 3.8) is 0 Å². The summed E-state index contributed by atoms with van der Waals surface area (Å²) in [5, 5.41) is 0. The van der Waals surface area contributed by atoms with Crippen LogP contribution in [0.2, 0.25) is 0 Å². The van der Waals surface area contributed by atoms with Gasteiger partial charge in [-0.15, -0.1) is 0 Å². The topological polar surface area (TPSA) is 18.5 Å². The Morgan fingerprint density at radius 3 is 2.92 bits per heavy atom. The lowest BCUT2D eigenvalue weighted by atomic mass is 10.2. The van der Waals surface area contributed by atoms with E-state index in [1.165, 1.54) is 0 Å². The molecule has 0 fully saturated rings. The molecule has 1 heterocycles. The van der Waals surface area contributed by atoms with Gasteiger partial charge in [-0.1, -0.05) is 12.1 Å². The fourth-order valence-corrected chi connectivity index (χ4v) is 1.25.